The molecule has 1 amide bonds. The topological polar surface area (TPSA) is 127 Å². The lowest BCUT2D eigenvalue weighted by molar-refractivity contribution is -0.140. The maximum atomic E-state index is 10.6. The molecule has 76 valence electrons. The van der Waals surface area contributed by atoms with E-state index in [0.29, 0.717) is 0 Å². The molecule has 7 nitrogen and oxygen atoms in total. The number of rotatable bonds is 5. The lowest BCUT2D eigenvalue weighted by atomic mass is 10.4. The van der Waals surface area contributed by atoms with Gasteiger partial charge in [-0.1, -0.05) is 0 Å². The van der Waals surface area contributed by atoms with Crippen molar-refractivity contribution >= 4 is 21.9 Å². The van der Waals surface area contributed by atoms with Gasteiger partial charge in [0, 0.05) is 6.54 Å². The normalized spacial score (nSPS) is 10.8. The summed E-state index contributed by atoms with van der Waals surface area (Å²) in [4.78, 5) is 20.6. The summed E-state index contributed by atoms with van der Waals surface area (Å²) in [6, 6.07) is 0. The van der Waals surface area contributed by atoms with Gasteiger partial charge >= 0.3 is 5.97 Å². The summed E-state index contributed by atoms with van der Waals surface area (Å²) in [7, 11) is -3.61. The van der Waals surface area contributed by atoms with Crippen LogP contribution in [0.4, 0.5) is 0 Å². The molecule has 0 aromatic rings. The number of amides is 1. The minimum atomic E-state index is -3.61. The zero-order valence-electron chi connectivity index (χ0n) is 6.69. The zero-order valence-corrected chi connectivity index (χ0v) is 7.50. The molecule has 0 aliphatic carbocycles. The van der Waals surface area contributed by atoms with Crippen LogP contribution in [0.15, 0.2) is 0 Å². The number of nitrogens with two attached hydrogens (primary N) is 1. The smallest absolute Gasteiger partial charge is 0.312 e. The molecule has 13 heavy (non-hydrogen) atoms. The number of carboxylic acid groups (broad SMARTS) is 1. The van der Waals surface area contributed by atoms with E-state index in [1.807, 2.05) is 0 Å². The average molecular weight is 210 g/mol. The lowest BCUT2D eigenvalue weighted by Crippen LogP contribution is -2.32. The van der Waals surface area contributed by atoms with E-state index >= 15 is 0 Å². The highest BCUT2D eigenvalue weighted by Gasteiger charge is 2.08. The molecule has 4 N–H and O–H groups in total. The Balaban J connectivity index is 3.67. The van der Waals surface area contributed by atoms with E-state index in [4.69, 9.17) is 5.11 Å². The van der Waals surface area contributed by atoms with Crippen LogP contribution in [-0.4, -0.2) is 37.7 Å². The van der Waals surface area contributed by atoms with E-state index in [-0.39, 0.29) is 6.54 Å². The van der Waals surface area contributed by atoms with E-state index in [0.717, 1.165) is 0 Å². The second kappa shape index (κ2) is 4.77. The van der Waals surface area contributed by atoms with Crippen LogP contribution in [0.25, 0.3) is 0 Å². The van der Waals surface area contributed by atoms with Crippen molar-refractivity contribution in [3.63, 3.8) is 0 Å². The Bertz CT molecular complexity index is 296. The first-order chi connectivity index (χ1) is 5.81. The van der Waals surface area contributed by atoms with Crippen molar-refractivity contribution in [2.75, 3.05) is 12.3 Å². The molecule has 0 bridgehead atoms. The predicted octanol–water partition coefficient (Wildman–Crippen LogP) is -2.13. The summed E-state index contributed by atoms with van der Waals surface area (Å²) in [6.07, 6.45) is -0.676. The van der Waals surface area contributed by atoms with Crippen molar-refractivity contribution in [3.05, 3.63) is 0 Å². The van der Waals surface area contributed by atoms with E-state index in [9.17, 15) is 18.0 Å². The second-order valence-electron chi connectivity index (χ2n) is 2.29. The van der Waals surface area contributed by atoms with Gasteiger partial charge in [0.25, 0.3) is 0 Å². The van der Waals surface area contributed by atoms with Gasteiger partial charge in [0.15, 0.2) is 0 Å². The molecule has 0 spiro atoms. The summed E-state index contributed by atoms with van der Waals surface area (Å²) >= 11 is 0. The highest BCUT2D eigenvalue weighted by molar-refractivity contribution is 7.89. The summed E-state index contributed by atoms with van der Waals surface area (Å²) in [5.41, 5.74) is 0. The molecule has 0 unspecified atom stereocenters. The Morgan fingerprint density at radius 3 is 2.31 bits per heavy atom. The van der Waals surface area contributed by atoms with Gasteiger partial charge in [-0.25, -0.2) is 13.6 Å². The number of carbonyl (C=O) groups excluding carboxylic acids is 1. The van der Waals surface area contributed by atoms with Crippen LogP contribution in [-0.2, 0) is 19.6 Å². The van der Waals surface area contributed by atoms with Gasteiger partial charge < -0.3 is 10.4 Å². The average Bonchev–Trinajstić information content (AvgIpc) is 1.81. The maximum Gasteiger partial charge on any atom is 0.312 e. The molecular formula is C5H10N2O5S. The van der Waals surface area contributed by atoms with Gasteiger partial charge in [-0.2, -0.15) is 0 Å². The Hall–Kier alpha value is -1.15. The fourth-order valence-electron chi connectivity index (χ4n) is 0.533. The number of nitrogens with one attached hydrogen (secondary N) is 1. The molecule has 0 rings (SSSR count). The predicted molar refractivity (Wildman–Crippen MR) is 43.2 cm³/mol. The third-order valence-corrected chi connectivity index (χ3v) is 1.79. The van der Waals surface area contributed by atoms with Crippen LogP contribution in [0.3, 0.4) is 0 Å². The van der Waals surface area contributed by atoms with Crippen LogP contribution in [0.2, 0.25) is 0 Å². The molecule has 0 radical (unpaired) electrons. The minimum absolute atomic E-state index is 0.176. The number of carboxylic acids is 1. The third-order valence-electron chi connectivity index (χ3n) is 1.02. The molecule has 0 heterocycles. The first-order valence-corrected chi connectivity index (χ1v) is 5.02. The zero-order chi connectivity index (χ0) is 10.5. The van der Waals surface area contributed by atoms with Crippen molar-refractivity contribution in [2.45, 2.75) is 6.42 Å². The molecule has 0 aromatic heterocycles. The first kappa shape index (κ1) is 11.8. The number of sulfonamides is 1. The number of primary sulfonamides is 1. The van der Waals surface area contributed by atoms with E-state index in [2.05, 4.69) is 10.5 Å². The molecule has 0 saturated heterocycles. The number of hydrogen-bond acceptors (Lipinski definition) is 4. The minimum Gasteiger partial charge on any atom is -0.481 e. The van der Waals surface area contributed by atoms with Crippen molar-refractivity contribution in [2.24, 2.45) is 5.14 Å². The third kappa shape index (κ3) is 8.76. The van der Waals surface area contributed by atoms with Gasteiger partial charge in [-0.05, 0) is 0 Å². The van der Waals surface area contributed by atoms with Crippen LogP contribution < -0.4 is 10.5 Å². The van der Waals surface area contributed by atoms with Gasteiger partial charge in [0.2, 0.25) is 15.9 Å². The maximum absolute atomic E-state index is 10.6. The standard InChI is InChI=1S/C5H10N2O5S/c6-13(11,12)2-1-7-4(8)3-5(9)10/h1-3H2,(H,7,8)(H,9,10)(H2,6,11,12). The van der Waals surface area contributed by atoms with E-state index in [1.54, 1.807) is 0 Å². The van der Waals surface area contributed by atoms with Crippen molar-refractivity contribution in [1.29, 1.82) is 0 Å². The quantitative estimate of drug-likeness (QED) is 0.446. The summed E-state index contributed by atoms with van der Waals surface area (Å²) in [6.45, 7) is -0.176. The summed E-state index contributed by atoms with van der Waals surface area (Å²) in [5.74, 6) is -2.41. The molecule has 0 atom stereocenters. The first-order valence-electron chi connectivity index (χ1n) is 3.30. The van der Waals surface area contributed by atoms with Gasteiger partial charge in [0.05, 0.1) is 5.75 Å². The van der Waals surface area contributed by atoms with Crippen molar-refractivity contribution in [1.82, 2.24) is 5.32 Å². The highest BCUT2D eigenvalue weighted by Crippen LogP contribution is 1.80. The Morgan fingerprint density at radius 1 is 1.38 bits per heavy atom. The number of carbonyl (C=O) groups is 2. The Kier molecular flexibility index (Phi) is 4.35. The molecule has 0 aromatic carbocycles. The Morgan fingerprint density at radius 2 is 1.92 bits per heavy atom. The van der Waals surface area contributed by atoms with Crippen LogP contribution in [0.1, 0.15) is 6.42 Å². The monoisotopic (exact) mass is 210 g/mol. The van der Waals surface area contributed by atoms with Gasteiger partial charge in [0.1, 0.15) is 6.42 Å². The number of hydrogen-bond donors (Lipinski definition) is 3. The molecule has 0 fully saturated rings. The molecule has 0 aliphatic heterocycles. The molecular weight excluding hydrogens is 200 g/mol. The number of aliphatic carboxylic acids is 1. The summed E-state index contributed by atoms with van der Waals surface area (Å²) in [5, 5.41) is 14.9. The highest BCUT2D eigenvalue weighted by atomic mass is 32.2. The van der Waals surface area contributed by atoms with Gasteiger partial charge in [-0.3, -0.25) is 9.59 Å². The molecule has 0 saturated carbocycles. The van der Waals surface area contributed by atoms with Crippen LogP contribution in [0.5, 0.6) is 0 Å². The molecule has 0 aliphatic rings. The SMILES string of the molecule is NS(=O)(=O)CCNC(=O)CC(=O)O. The van der Waals surface area contributed by atoms with Crippen molar-refractivity contribution in [3.8, 4) is 0 Å². The fourth-order valence-corrected chi connectivity index (χ4v) is 0.919. The van der Waals surface area contributed by atoms with Crippen molar-refractivity contribution < 1.29 is 23.1 Å². The fraction of sp³-hybridized carbons (Fsp3) is 0.600. The Labute approximate surface area is 75.0 Å². The van der Waals surface area contributed by atoms with Crippen LogP contribution >= 0.6 is 0 Å². The van der Waals surface area contributed by atoms with E-state index < -0.39 is 34.1 Å². The van der Waals surface area contributed by atoms with Gasteiger partial charge in [-0.15, -0.1) is 0 Å². The summed E-state index contributed by atoms with van der Waals surface area (Å²) < 4.78 is 20.7. The lowest BCUT2D eigenvalue weighted by Gasteiger charge is -2.00. The van der Waals surface area contributed by atoms with E-state index in [1.165, 1.54) is 0 Å². The second-order valence-corrected chi connectivity index (χ2v) is 4.02. The van der Waals surface area contributed by atoms with Crippen LogP contribution in [0, 0.1) is 0 Å². The molecule has 8 heteroatoms. The largest absolute Gasteiger partial charge is 0.481 e.